The van der Waals surface area contributed by atoms with Crippen molar-refractivity contribution in [1.82, 2.24) is 14.5 Å². The number of methoxy groups -OCH3 is 1. The largest absolute Gasteiger partial charge is 0.478 e. The fourth-order valence-electron chi connectivity index (χ4n) is 5.61. The highest BCUT2D eigenvalue weighted by atomic mass is 16.5. The summed E-state index contributed by atoms with van der Waals surface area (Å²) in [6, 6.07) is 11.6. The molecule has 1 saturated carbocycles. The van der Waals surface area contributed by atoms with Gasteiger partial charge in [0.1, 0.15) is 5.82 Å². The lowest BCUT2D eigenvalue weighted by molar-refractivity contribution is 0.0695. The monoisotopic (exact) mass is 461 g/mol. The number of benzene rings is 2. The number of hydrogen-bond donors (Lipinski definition) is 1. The molecule has 2 aliphatic rings. The van der Waals surface area contributed by atoms with Gasteiger partial charge >= 0.3 is 12.1 Å². The summed E-state index contributed by atoms with van der Waals surface area (Å²) in [5.41, 5.74) is 5.58. The minimum absolute atomic E-state index is 0.306. The zero-order chi connectivity index (χ0) is 23.7. The number of carbonyl (C=O) groups excluding carboxylic acids is 1. The van der Waals surface area contributed by atoms with Gasteiger partial charge in [-0.2, -0.15) is 0 Å². The Balaban J connectivity index is 1.56. The molecule has 2 heterocycles. The van der Waals surface area contributed by atoms with Gasteiger partial charge in [-0.05, 0) is 48.9 Å². The molecule has 1 fully saturated rings. The maximum absolute atomic E-state index is 12.2. The molecule has 0 saturated heterocycles. The molecule has 178 valence electrons. The summed E-state index contributed by atoms with van der Waals surface area (Å²) >= 11 is 0. The number of aromatic carboxylic acids is 1. The van der Waals surface area contributed by atoms with Gasteiger partial charge in [0.05, 0.1) is 30.3 Å². The van der Waals surface area contributed by atoms with E-state index in [1.54, 1.807) is 17.0 Å². The number of carboxylic acids is 1. The Bertz CT molecular complexity index is 1230. The molecule has 1 aromatic heterocycles. The van der Waals surface area contributed by atoms with Gasteiger partial charge in [-0.3, -0.25) is 0 Å². The Morgan fingerprint density at radius 1 is 1.12 bits per heavy atom. The Morgan fingerprint density at radius 2 is 1.91 bits per heavy atom. The fraction of sp³-hybridized carbons (Fsp3) is 0.444. The smallest absolute Gasteiger partial charge is 0.409 e. The van der Waals surface area contributed by atoms with Crippen molar-refractivity contribution in [3.63, 3.8) is 0 Å². The van der Waals surface area contributed by atoms with Crippen LogP contribution in [0, 0.1) is 0 Å². The molecule has 7 nitrogen and oxygen atoms in total. The van der Waals surface area contributed by atoms with E-state index in [4.69, 9.17) is 9.72 Å². The zero-order valence-electron chi connectivity index (χ0n) is 19.6. The van der Waals surface area contributed by atoms with E-state index in [-0.39, 0.29) is 6.09 Å². The molecule has 0 bridgehead atoms. The van der Waals surface area contributed by atoms with Crippen LogP contribution in [0.1, 0.15) is 70.9 Å². The standard InChI is InChI=1S/C27H31N3O4/c1-34-27(33)29-15-13-19-11-12-23-24(22(19)17-29)28-25(20-8-3-2-4-9-20)30(23)16-14-18-7-5-6-10-21(18)26(31)32/h5-7,10-12,20H,2-4,8-9,13-17H2,1H3,(H,31,32). The highest BCUT2D eigenvalue weighted by molar-refractivity contribution is 5.89. The molecule has 1 amide bonds. The second-order valence-electron chi connectivity index (χ2n) is 9.38. The van der Waals surface area contributed by atoms with Crippen LogP contribution in [0.15, 0.2) is 36.4 Å². The Kier molecular flexibility index (Phi) is 6.26. The number of fused-ring (bicyclic) bond motifs is 3. The normalized spacial score (nSPS) is 16.4. The lowest BCUT2D eigenvalue weighted by atomic mass is 9.88. The topological polar surface area (TPSA) is 84.7 Å². The molecule has 7 heteroatoms. The molecule has 0 spiro atoms. The number of ether oxygens (including phenoxy) is 1. The summed E-state index contributed by atoms with van der Waals surface area (Å²) in [4.78, 5) is 30.9. The second-order valence-corrected chi connectivity index (χ2v) is 9.38. The molecule has 0 radical (unpaired) electrons. The van der Waals surface area contributed by atoms with E-state index in [9.17, 15) is 14.7 Å². The second kappa shape index (κ2) is 9.49. The van der Waals surface area contributed by atoms with Gasteiger partial charge in [0.2, 0.25) is 0 Å². The van der Waals surface area contributed by atoms with Crippen molar-refractivity contribution in [2.75, 3.05) is 13.7 Å². The minimum atomic E-state index is -0.893. The van der Waals surface area contributed by atoms with Gasteiger partial charge in [0.15, 0.2) is 0 Å². The number of amides is 1. The van der Waals surface area contributed by atoms with E-state index in [2.05, 4.69) is 16.7 Å². The maximum Gasteiger partial charge on any atom is 0.409 e. The van der Waals surface area contributed by atoms with E-state index in [1.807, 2.05) is 12.1 Å². The van der Waals surface area contributed by atoms with Gasteiger partial charge < -0.3 is 19.3 Å². The van der Waals surface area contributed by atoms with Crippen LogP contribution < -0.4 is 0 Å². The third kappa shape index (κ3) is 4.15. The van der Waals surface area contributed by atoms with Crippen molar-refractivity contribution >= 4 is 23.1 Å². The highest BCUT2D eigenvalue weighted by Crippen LogP contribution is 2.36. The van der Waals surface area contributed by atoms with Crippen LogP contribution in [0.2, 0.25) is 0 Å². The Morgan fingerprint density at radius 3 is 2.68 bits per heavy atom. The summed E-state index contributed by atoms with van der Waals surface area (Å²) in [6.07, 6.45) is 7.06. The number of carboxylic acid groups (broad SMARTS) is 1. The third-order valence-corrected chi connectivity index (χ3v) is 7.41. The number of aryl methyl sites for hydroxylation is 2. The van der Waals surface area contributed by atoms with Crippen LogP contribution in [0.5, 0.6) is 0 Å². The van der Waals surface area contributed by atoms with Crippen molar-refractivity contribution in [1.29, 1.82) is 0 Å². The van der Waals surface area contributed by atoms with Crippen molar-refractivity contribution < 1.29 is 19.4 Å². The van der Waals surface area contributed by atoms with Crippen LogP contribution in [0.3, 0.4) is 0 Å². The number of nitrogens with zero attached hydrogens (tertiary/aromatic N) is 3. The Labute approximate surface area is 199 Å². The molecule has 1 aliphatic heterocycles. The molecular weight excluding hydrogens is 430 g/mol. The number of aromatic nitrogens is 2. The van der Waals surface area contributed by atoms with Gasteiger partial charge in [-0.1, -0.05) is 43.5 Å². The predicted molar refractivity (Wildman–Crippen MR) is 129 cm³/mol. The predicted octanol–water partition coefficient (Wildman–Crippen LogP) is 5.15. The van der Waals surface area contributed by atoms with Crippen LogP contribution in [0.25, 0.3) is 11.0 Å². The van der Waals surface area contributed by atoms with E-state index in [0.717, 1.165) is 47.2 Å². The lowest BCUT2D eigenvalue weighted by Crippen LogP contribution is -2.35. The van der Waals surface area contributed by atoms with Crippen LogP contribution >= 0.6 is 0 Å². The quantitative estimate of drug-likeness (QED) is 0.568. The number of hydrogen-bond acceptors (Lipinski definition) is 4. The molecule has 34 heavy (non-hydrogen) atoms. The van der Waals surface area contributed by atoms with Crippen LogP contribution in [-0.2, 0) is 30.7 Å². The van der Waals surface area contributed by atoms with Crippen molar-refractivity contribution in [2.45, 2.75) is 64.0 Å². The van der Waals surface area contributed by atoms with Gasteiger partial charge in [0.25, 0.3) is 0 Å². The molecule has 5 rings (SSSR count). The number of imidazole rings is 1. The first-order chi connectivity index (χ1) is 16.6. The molecule has 3 aromatic rings. The molecule has 1 N–H and O–H groups in total. The molecule has 0 atom stereocenters. The molecule has 2 aromatic carbocycles. The van der Waals surface area contributed by atoms with Crippen LogP contribution in [0.4, 0.5) is 4.79 Å². The van der Waals surface area contributed by atoms with Gasteiger partial charge in [-0.25, -0.2) is 14.6 Å². The van der Waals surface area contributed by atoms with Crippen molar-refractivity contribution in [3.8, 4) is 0 Å². The van der Waals surface area contributed by atoms with E-state index in [0.29, 0.717) is 37.5 Å². The number of rotatable bonds is 5. The summed E-state index contributed by atoms with van der Waals surface area (Å²) in [5.74, 6) is 0.619. The van der Waals surface area contributed by atoms with E-state index in [1.165, 1.54) is 31.9 Å². The first-order valence-corrected chi connectivity index (χ1v) is 12.2. The average Bonchev–Trinajstić information content (AvgIpc) is 3.26. The summed E-state index contributed by atoms with van der Waals surface area (Å²) in [7, 11) is 1.42. The highest BCUT2D eigenvalue weighted by Gasteiger charge is 2.28. The molecular formula is C27H31N3O4. The Hall–Kier alpha value is -3.35. The van der Waals surface area contributed by atoms with E-state index >= 15 is 0 Å². The summed E-state index contributed by atoms with van der Waals surface area (Å²) in [6.45, 7) is 1.82. The van der Waals surface area contributed by atoms with Crippen molar-refractivity contribution in [2.24, 2.45) is 0 Å². The molecule has 0 unspecified atom stereocenters. The van der Waals surface area contributed by atoms with Gasteiger partial charge in [0, 0.05) is 24.6 Å². The molecule has 1 aliphatic carbocycles. The van der Waals surface area contributed by atoms with E-state index < -0.39 is 5.97 Å². The first kappa shape index (κ1) is 22.4. The maximum atomic E-state index is 12.2. The van der Waals surface area contributed by atoms with Crippen LogP contribution in [-0.4, -0.2) is 45.3 Å². The van der Waals surface area contributed by atoms with Crippen molar-refractivity contribution in [3.05, 3.63) is 64.5 Å². The summed E-state index contributed by atoms with van der Waals surface area (Å²) in [5, 5.41) is 9.61. The first-order valence-electron chi connectivity index (χ1n) is 12.2. The third-order valence-electron chi connectivity index (χ3n) is 7.41. The minimum Gasteiger partial charge on any atom is -0.478 e. The SMILES string of the molecule is COC(=O)N1CCc2ccc3c(nc(C4CCCCC4)n3CCc3ccccc3C(=O)O)c2C1. The average molecular weight is 462 g/mol. The van der Waals surface area contributed by atoms with Gasteiger partial charge in [-0.15, -0.1) is 0 Å². The summed E-state index contributed by atoms with van der Waals surface area (Å²) < 4.78 is 7.28. The zero-order valence-corrected chi connectivity index (χ0v) is 19.6. The lowest BCUT2D eigenvalue weighted by Gasteiger charge is -2.27. The number of carbonyl (C=O) groups is 2. The fourth-order valence-corrected chi connectivity index (χ4v) is 5.61.